The number of carbonyl (C=O) groups is 2. The molecule has 0 unspecified atom stereocenters. The first kappa shape index (κ1) is 17.1. The number of aromatic nitrogens is 1. The molecule has 2 fully saturated rings. The highest BCUT2D eigenvalue weighted by atomic mass is 16.4. The number of nitrogens with one attached hydrogen (secondary N) is 1. The number of rotatable bonds is 2. The van der Waals surface area contributed by atoms with Crippen LogP contribution in [0.1, 0.15) is 50.1 Å². The van der Waals surface area contributed by atoms with E-state index in [1.165, 1.54) is 0 Å². The third-order valence-corrected chi connectivity index (χ3v) is 6.23. The van der Waals surface area contributed by atoms with E-state index in [0.29, 0.717) is 32.5 Å². The van der Waals surface area contributed by atoms with E-state index in [1.807, 2.05) is 10.6 Å². The molecule has 2 amide bonds. The fraction of sp³-hybridized carbons (Fsp3) is 0.632. The Morgan fingerprint density at radius 2 is 1.88 bits per heavy atom. The second-order valence-electron chi connectivity index (χ2n) is 7.98. The molecule has 1 saturated heterocycles. The molecule has 0 spiro atoms. The van der Waals surface area contributed by atoms with E-state index in [4.69, 9.17) is 0 Å². The summed E-state index contributed by atoms with van der Waals surface area (Å²) in [5.74, 6) is -0.562. The van der Waals surface area contributed by atoms with Crippen LogP contribution in [0.25, 0.3) is 0 Å². The van der Waals surface area contributed by atoms with Gasteiger partial charge in [-0.05, 0) is 31.2 Å². The lowest BCUT2D eigenvalue weighted by molar-refractivity contribution is -0.146. The second-order valence-corrected chi connectivity index (χ2v) is 7.98. The number of carboxylic acid groups (broad SMARTS) is 1. The summed E-state index contributed by atoms with van der Waals surface area (Å²) >= 11 is 0. The number of pyridine rings is 1. The van der Waals surface area contributed by atoms with Crippen LogP contribution in [0.2, 0.25) is 0 Å². The molecule has 1 saturated carbocycles. The first-order valence-electron chi connectivity index (χ1n) is 9.49. The van der Waals surface area contributed by atoms with Gasteiger partial charge in [-0.15, -0.1) is 0 Å². The average molecular weight is 359 g/mol. The van der Waals surface area contributed by atoms with Gasteiger partial charge in [-0.3, -0.25) is 4.79 Å². The van der Waals surface area contributed by atoms with Crippen LogP contribution in [0.15, 0.2) is 23.0 Å². The van der Waals surface area contributed by atoms with Crippen molar-refractivity contribution in [3.8, 4) is 0 Å². The van der Waals surface area contributed by atoms with E-state index in [9.17, 15) is 19.5 Å². The Bertz CT molecular complexity index is 781. The summed E-state index contributed by atoms with van der Waals surface area (Å²) < 4.78 is 1.83. The maximum atomic E-state index is 12.9. The number of fused-ring (bicyclic) bond motifs is 4. The Morgan fingerprint density at radius 1 is 1.12 bits per heavy atom. The van der Waals surface area contributed by atoms with Crippen molar-refractivity contribution in [3.05, 3.63) is 34.2 Å². The van der Waals surface area contributed by atoms with Gasteiger partial charge in [0, 0.05) is 37.3 Å². The van der Waals surface area contributed by atoms with Crippen molar-refractivity contribution in [1.29, 1.82) is 0 Å². The summed E-state index contributed by atoms with van der Waals surface area (Å²) in [4.78, 5) is 38.5. The van der Waals surface area contributed by atoms with Crippen molar-refractivity contribution in [2.24, 2.45) is 5.92 Å². The molecular formula is C19H25N3O4. The zero-order valence-electron chi connectivity index (χ0n) is 14.8. The van der Waals surface area contributed by atoms with Crippen LogP contribution >= 0.6 is 0 Å². The number of likely N-dealkylation sites (tertiary alicyclic amines) is 1. The Balaban J connectivity index is 1.52. The van der Waals surface area contributed by atoms with Crippen molar-refractivity contribution in [3.63, 3.8) is 0 Å². The minimum atomic E-state index is -1.13. The Morgan fingerprint density at radius 3 is 2.62 bits per heavy atom. The Kier molecular flexibility index (Phi) is 4.25. The third-order valence-electron chi connectivity index (χ3n) is 6.23. The van der Waals surface area contributed by atoms with Crippen LogP contribution < -0.4 is 10.9 Å². The number of carboxylic acids is 1. The molecule has 0 aromatic carbocycles. The molecule has 4 rings (SSSR count). The minimum absolute atomic E-state index is 0.0159. The predicted molar refractivity (Wildman–Crippen MR) is 95.1 cm³/mol. The highest BCUT2D eigenvalue weighted by Crippen LogP contribution is 2.35. The fourth-order valence-electron chi connectivity index (χ4n) is 4.89. The number of aliphatic carboxylic acids is 1. The lowest BCUT2D eigenvalue weighted by Crippen LogP contribution is -2.61. The standard InChI is InChI=1S/C19H25N3O4/c23-16-6-4-5-15-14-9-13(11-22(15)16)10-21(12-14)18(26)20-19(17(24)25)7-2-1-3-8-19/h4-6,13-14H,1-3,7-12H2,(H,20,26)(H,24,25)/t13-,14+/m1/s1. The van der Waals surface area contributed by atoms with Crippen molar-refractivity contribution in [1.82, 2.24) is 14.8 Å². The summed E-state index contributed by atoms with van der Waals surface area (Å²) in [6.07, 6.45) is 4.63. The molecule has 1 aromatic rings. The van der Waals surface area contributed by atoms with Gasteiger partial charge < -0.3 is 19.9 Å². The van der Waals surface area contributed by atoms with Gasteiger partial charge in [0.15, 0.2) is 0 Å². The third kappa shape index (κ3) is 2.89. The van der Waals surface area contributed by atoms with E-state index in [1.54, 1.807) is 17.0 Å². The molecule has 7 nitrogen and oxygen atoms in total. The first-order valence-corrected chi connectivity index (χ1v) is 9.49. The monoisotopic (exact) mass is 359 g/mol. The molecule has 1 aromatic heterocycles. The highest BCUT2D eigenvalue weighted by Gasteiger charge is 2.43. The lowest BCUT2D eigenvalue weighted by Gasteiger charge is -2.44. The molecule has 140 valence electrons. The van der Waals surface area contributed by atoms with Gasteiger partial charge in [0.25, 0.3) is 5.56 Å². The largest absolute Gasteiger partial charge is 0.480 e. The molecule has 7 heteroatoms. The van der Waals surface area contributed by atoms with Crippen LogP contribution in [0, 0.1) is 5.92 Å². The van der Waals surface area contributed by atoms with Crippen LogP contribution in [0.4, 0.5) is 4.79 Å². The van der Waals surface area contributed by atoms with Crippen LogP contribution in [-0.2, 0) is 11.3 Å². The lowest BCUT2D eigenvalue weighted by atomic mass is 9.81. The van der Waals surface area contributed by atoms with Gasteiger partial charge in [-0.1, -0.05) is 25.3 Å². The number of nitrogens with zero attached hydrogens (tertiary/aromatic N) is 2. The van der Waals surface area contributed by atoms with E-state index < -0.39 is 11.5 Å². The second kappa shape index (κ2) is 6.45. The topological polar surface area (TPSA) is 91.6 Å². The number of hydrogen-bond acceptors (Lipinski definition) is 3. The molecule has 2 bridgehead atoms. The van der Waals surface area contributed by atoms with E-state index >= 15 is 0 Å². The summed E-state index contributed by atoms with van der Waals surface area (Å²) in [6.45, 7) is 1.72. The Labute approximate surface area is 152 Å². The number of amides is 2. The van der Waals surface area contributed by atoms with Gasteiger partial charge >= 0.3 is 12.0 Å². The van der Waals surface area contributed by atoms with Crippen molar-refractivity contribution >= 4 is 12.0 Å². The molecule has 3 heterocycles. The molecule has 1 aliphatic carbocycles. The van der Waals surface area contributed by atoms with Crippen molar-refractivity contribution in [2.45, 2.75) is 56.5 Å². The number of piperidine rings is 1. The zero-order chi connectivity index (χ0) is 18.3. The predicted octanol–water partition coefficient (Wildman–Crippen LogP) is 1.76. The number of hydrogen-bond donors (Lipinski definition) is 2. The first-order chi connectivity index (χ1) is 12.5. The number of urea groups is 1. The van der Waals surface area contributed by atoms with Gasteiger partial charge in [0.05, 0.1) is 0 Å². The highest BCUT2D eigenvalue weighted by molar-refractivity contribution is 5.86. The summed E-state index contributed by atoms with van der Waals surface area (Å²) in [5.41, 5.74) is -0.129. The zero-order valence-corrected chi connectivity index (χ0v) is 14.8. The summed E-state index contributed by atoms with van der Waals surface area (Å²) in [5, 5.41) is 12.5. The number of carbonyl (C=O) groups excluding carboxylic acids is 1. The van der Waals surface area contributed by atoms with Gasteiger partial charge in [0.1, 0.15) is 5.54 Å². The smallest absolute Gasteiger partial charge is 0.329 e. The van der Waals surface area contributed by atoms with Crippen LogP contribution in [0.3, 0.4) is 0 Å². The van der Waals surface area contributed by atoms with E-state index in [-0.39, 0.29) is 23.4 Å². The molecular weight excluding hydrogens is 334 g/mol. The SMILES string of the molecule is O=C(NC1(C(=O)O)CCCCC1)N1C[C@H]2C[C@@H](C1)c1cccc(=O)n1C2. The van der Waals surface area contributed by atoms with Gasteiger partial charge in [-0.25, -0.2) is 9.59 Å². The fourth-order valence-corrected chi connectivity index (χ4v) is 4.89. The van der Waals surface area contributed by atoms with Crippen molar-refractivity contribution in [2.75, 3.05) is 13.1 Å². The maximum Gasteiger partial charge on any atom is 0.329 e. The molecule has 2 atom stereocenters. The van der Waals surface area contributed by atoms with Crippen LogP contribution in [-0.4, -0.2) is 45.2 Å². The van der Waals surface area contributed by atoms with Crippen molar-refractivity contribution < 1.29 is 14.7 Å². The molecule has 3 aliphatic rings. The summed E-state index contributed by atoms with van der Waals surface area (Å²) in [6, 6.07) is 5.03. The molecule has 2 aliphatic heterocycles. The van der Waals surface area contributed by atoms with E-state index in [2.05, 4.69) is 5.32 Å². The van der Waals surface area contributed by atoms with Crippen LogP contribution in [0.5, 0.6) is 0 Å². The maximum absolute atomic E-state index is 12.9. The summed E-state index contributed by atoms with van der Waals surface area (Å²) in [7, 11) is 0. The van der Waals surface area contributed by atoms with Gasteiger partial charge in [0.2, 0.25) is 0 Å². The molecule has 2 N–H and O–H groups in total. The molecule has 26 heavy (non-hydrogen) atoms. The normalized spacial score (nSPS) is 26.7. The Hall–Kier alpha value is -2.31. The quantitative estimate of drug-likeness (QED) is 0.842. The average Bonchev–Trinajstić information content (AvgIpc) is 2.63. The minimum Gasteiger partial charge on any atom is -0.480 e. The van der Waals surface area contributed by atoms with E-state index in [0.717, 1.165) is 31.4 Å². The molecule has 0 radical (unpaired) electrons. The van der Waals surface area contributed by atoms with Gasteiger partial charge in [-0.2, -0.15) is 0 Å².